The number of nitrogens with two attached hydrogens (primary N) is 1. The molecule has 0 aromatic heterocycles. The molecule has 17 nitrogen and oxygen atoms in total. The quantitative estimate of drug-likeness (QED) is 0.0973. The van der Waals surface area contributed by atoms with Crippen LogP contribution in [0, 0.1) is 47.4 Å². The number of nitrogens with one attached hydrogen (secondary N) is 3. The van der Waals surface area contributed by atoms with Gasteiger partial charge in [0.15, 0.2) is 0 Å². The zero-order valence-corrected chi connectivity index (χ0v) is 37.3. The van der Waals surface area contributed by atoms with Crippen LogP contribution in [-0.4, -0.2) is 114 Å². The summed E-state index contributed by atoms with van der Waals surface area (Å²) >= 11 is 0. The van der Waals surface area contributed by atoms with Crippen LogP contribution in [0.4, 0.5) is 9.59 Å². The number of amides is 3. The Morgan fingerprint density at radius 2 is 1.02 bits per heavy atom. The molecular weight excluding hydrogens is 817 g/mol. The summed E-state index contributed by atoms with van der Waals surface area (Å²) in [6.07, 6.45) is -0.560. The van der Waals surface area contributed by atoms with Crippen LogP contribution in [0.15, 0.2) is 48.5 Å². The first kappa shape index (κ1) is 56.0. The summed E-state index contributed by atoms with van der Waals surface area (Å²) in [4.78, 5) is 69.7. The number of carbonyl (C=O) groups excluding carboxylic acids is 5. The summed E-state index contributed by atoms with van der Waals surface area (Å²) in [5.41, 5.74) is 6.15. The first-order valence-electron chi connectivity index (χ1n) is 19.3. The minimum atomic E-state index is -1.12. The van der Waals surface area contributed by atoms with Crippen molar-refractivity contribution in [2.75, 3.05) is 27.4 Å². The molecule has 0 saturated carbocycles. The van der Waals surface area contributed by atoms with Gasteiger partial charge >= 0.3 is 30.1 Å². The van der Waals surface area contributed by atoms with Crippen molar-refractivity contribution in [1.82, 2.24) is 16.0 Å². The molecule has 0 fully saturated rings. The highest BCUT2D eigenvalue weighted by molar-refractivity contribution is 5.97. The number of hydrogen-bond acceptors (Lipinski definition) is 13. The fourth-order valence-electron chi connectivity index (χ4n) is 4.17. The van der Waals surface area contributed by atoms with Gasteiger partial charge in [-0.3, -0.25) is 9.59 Å². The number of alkyl carbamates (subject to hydrolysis) is 2. The molecule has 2 rings (SSSR count). The minimum absolute atomic E-state index is 0.0169. The van der Waals surface area contributed by atoms with Crippen LogP contribution in [0.25, 0.3) is 0 Å². The molecule has 0 aliphatic rings. The molecule has 8 N–H and O–H groups in total. The number of carbonyl (C=O) groups is 6. The molecule has 3 amide bonds. The van der Waals surface area contributed by atoms with Crippen molar-refractivity contribution in [3.8, 4) is 47.4 Å². The van der Waals surface area contributed by atoms with Crippen molar-refractivity contribution in [2.24, 2.45) is 5.73 Å². The van der Waals surface area contributed by atoms with Gasteiger partial charge in [0.05, 0.1) is 45.1 Å². The number of methoxy groups -OCH3 is 2. The lowest BCUT2D eigenvalue weighted by Crippen LogP contribution is -2.55. The van der Waals surface area contributed by atoms with Crippen LogP contribution in [-0.2, 0) is 28.5 Å². The zero-order valence-electron chi connectivity index (χ0n) is 37.3. The van der Waals surface area contributed by atoms with E-state index in [-0.39, 0.29) is 18.8 Å². The zero-order chi connectivity index (χ0) is 48.2. The largest absolute Gasteiger partial charge is 0.478 e. The van der Waals surface area contributed by atoms with Crippen molar-refractivity contribution >= 4 is 36.0 Å². The third kappa shape index (κ3) is 26.0. The first-order chi connectivity index (χ1) is 29.5. The van der Waals surface area contributed by atoms with E-state index < -0.39 is 71.4 Å². The number of carboxylic acids is 1. The number of benzene rings is 2. The summed E-state index contributed by atoms with van der Waals surface area (Å²) in [6.45, 7) is 13.6. The van der Waals surface area contributed by atoms with Crippen LogP contribution >= 0.6 is 0 Å². The Morgan fingerprint density at radius 3 is 1.38 bits per heavy atom. The maximum absolute atomic E-state index is 12.6. The topological polar surface area (TPSA) is 262 Å². The molecule has 2 aromatic carbocycles. The van der Waals surface area contributed by atoms with E-state index in [0.29, 0.717) is 29.5 Å². The van der Waals surface area contributed by atoms with E-state index in [4.69, 9.17) is 35.3 Å². The lowest BCUT2D eigenvalue weighted by molar-refractivity contribution is -0.144. The molecule has 2 aromatic rings. The summed E-state index contributed by atoms with van der Waals surface area (Å²) < 4.78 is 19.4. The van der Waals surface area contributed by atoms with E-state index in [1.807, 2.05) is 0 Å². The Bertz CT molecular complexity index is 2080. The van der Waals surface area contributed by atoms with Gasteiger partial charge in [-0.15, -0.1) is 0 Å². The van der Waals surface area contributed by atoms with Gasteiger partial charge < -0.3 is 56.0 Å². The molecule has 0 heterocycles. The van der Waals surface area contributed by atoms with Crippen molar-refractivity contribution in [1.29, 1.82) is 0 Å². The third-order valence-corrected chi connectivity index (χ3v) is 7.21. The molecule has 0 aliphatic carbocycles. The molecule has 0 saturated heterocycles. The van der Waals surface area contributed by atoms with Crippen molar-refractivity contribution in [2.45, 2.75) is 104 Å². The maximum Gasteiger partial charge on any atom is 0.407 e. The normalized spacial score (nSPS) is 11.8. The number of rotatable bonds is 11. The van der Waals surface area contributed by atoms with Gasteiger partial charge in [0.25, 0.3) is 5.91 Å². The Hall–Kier alpha value is -7.02. The van der Waals surface area contributed by atoms with Crippen LogP contribution in [0.2, 0.25) is 0 Å². The van der Waals surface area contributed by atoms with Gasteiger partial charge in [-0.25, -0.2) is 19.2 Å². The summed E-state index contributed by atoms with van der Waals surface area (Å²) in [5, 5.41) is 33.3. The molecular formula is C46H58N4O13. The second-order valence-electron chi connectivity index (χ2n) is 14.9. The van der Waals surface area contributed by atoms with Crippen LogP contribution in [0.3, 0.4) is 0 Å². The molecule has 0 spiro atoms. The lowest BCUT2D eigenvalue weighted by atomic mass is 10.1. The Kier molecular flexibility index (Phi) is 26.0. The average Bonchev–Trinajstić information content (AvgIpc) is 3.21. The molecule has 340 valence electrons. The highest BCUT2D eigenvalue weighted by atomic mass is 16.6. The molecule has 17 heteroatoms. The van der Waals surface area contributed by atoms with Crippen molar-refractivity contribution in [3.05, 3.63) is 70.8 Å². The van der Waals surface area contributed by atoms with E-state index in [9.17, 15) is 28.8 Å². The van der Waals surface area contributed by atoms with Gasteiger partial charge in [0.1, 0.15) is 23.3 Å². The molecule has 0 aliphatic heterocycles. The minimum Gasteiger partial charge on any atom is -0.478 e. The molecule has 63 heavy (non-hydrogen) atoms. The van der Waals surface area contributed by atoms with E-state index in [1.165, 1.54) is 26.4 Å². The highest BCUT2D eigenvalue weighted by Gasteiger charge is 2.31. The summed E-state index contributed by atoms with van der Waals surface area (Å²) in [7, 11) is 2.43. The van der Waals surface area contributed by atoms with E-state index in [1.54, 1.807) is 91.8 Å². The maximum atomic E-state index is 12.6. The lowest BCUT2D eigenvalue weighted by Gasteiger charge is -2.26. The van der Waals surface area contributed by atoms with Crippen LogP contribution in [0.5, 0.6) is 0 Å². The molecule has 0 bridgehead atoms. The number of aromatic carboxylic acids is 1. The van der Waals surface area contributed by atoms with Gasteiger partial charge in [-0.05, 0) is 128 Å². The van der Waals surface area contributed by atoms with Crippen molar-refractivity contribution < 1.29 is 63.0 Å². The monoisotopic (exact) mass is 874 g/mol. The summed E-state index contributed by atoms with van der Waals surface area (Å²) in [5.74, 6) is 18.7. The number of aliphatic hydroxyl groups excluding tert-OH is 2. The van der Waals surface area contributed by atoms with E-state index in [2.05, 4.69) is 68.1 Å². The SMILES string of the molecule is COC(=O)[C@@H](N)[C@@H](C)NC(=O)OC(C)(C)C.COC(=O)[C@@H](NC(=O)c1ccc(C#CC#CCCO)cc1)[C@@H](C)NC(=O)OC(C)(C)C.O=C(O)c1ccc(C#CC#CCCO)cc1. The Labute approximate surface area is 369 Å². The van der Waals surface area contributed by atoms with Crippen molar-refractivity contribution in [3.63, 3.8) is 0 Å². The molecule has 0 unspecified atom stereocenters. The van der Waals surface area contributed by atoms with Gasteiger partial charge in [0, 0.05) is 29.5 Å². The average molecular weight is 875 g/mol. The highest BCUT2D eigenvalue weighted by Crippen LogP contribution is 2.10. The Morgan fingerprint density at radius 1 is 0.619 bits per heavy atom. The molecule has 4 atom stereocenters. The van der Waals surface area contributed by atoms with Gasteiger partial charge in [-0.2, -0.15) is 0 Å². The third-order valence-electron chi connectivity index (χ3n) is 7.21. The van der Waals surface area contributed by atoms with E-state index in [0.717, 1.165) is 0 Å². The number of aliphatic hydroxyl groups is 2. The number of carboxylic acid groups (broad SMARTS) is 1. The fraction of sp³-hybridized carbons (Fsp3) is 0.435. The Balaban J connectivity index is 0.00000101. The fourth-order valence-corrected chi connectivity index (χ4v) is 4.17. The second-order valence-corrected chi connectivity index (χ2v) is 14.9. The number of ether oxygens (including phenoxy) is 4. The summed E-state index contributed by atoms with van der Waals surface area (Å²) in [6, 6.07) is 9.28. The van der Waals surface area contributed by atoms with Gasteiger partial charge in [-0.1, -0.05) is 23.7 Å². The predicted molar refractivity (Wildman–Crippen MR) is 233 cm³/mol. The number of hydrogen-bond donors (Lipinski definition) is 7. The van der Waals surface area contributed by atoms with Crippen LogP contribution in [0.1, 0.15) is 100 Å². The smallest absolute Gasteiger partial charge is 0.407 e. The first-order valence-corrected chi connectivity index (χ1v) is 19.3. The standard InChI is InChI=1S/C23H28N2O6.C13H10O3.C10H20N2O4/c1-16(24-22(29)31-23(2,3)4)19(21(28)30-5)25-20(27)18-13-11-17(12-14-18)10-8-6-7-9-15-26;14-10-4-2-1-3-5-11-6-8-12(9-7-11)13(15)16;1-6(7(11)8(13)15-5)12-9(14)16-10(2,3)4/h11-14,16,19,26H,9,15H2,1-5H3,(H,24,29)(H,25,27);6-9,14H,4,10H2,(H,15,16);6-7H,11H2,1-5H3,(H,12,14)/t16-,19+;;6-,7+/m1.1/s1. The second kappa shape index (κ2) is 29.3. The van der Waals surface area contributed by atoms with Gasteiger partial charge in [0.2, 0.25) is 0 Å². The predicted octanol–water partition coefficient (Wildman–Crippen LogP) is 3.13. The molecule has 0 radical (unpaired) electrons. The van der Waals surface area contributed by atoms with E-state index >= 15 is 0 Å². The number of esters is 2. The van der Waals surface area contributed by atoms with Crippen LogP contribution < -0.4 is 21.7 Å².